The van der Waals surface area contributed by atoms with Gasteiger partial charge in [-0.25, -0.2) is 8.42 Å². The molecular formula is C18H20N2O3S. The highest BCUT2D eigenvalue weighted by molar-refractivity contribution is 7.89. The zero-order valence-corrected chi connectivity index (χ0v) is 14.1. The van der Waals surface area contributed by atoms with E-state index in [0.29, 0.717) is 19.5 Å². The van der Waals surface area contributed by atoms with Gasteiger partial charge in [-0.2, -0.15) is 4.31 Å². The van der Waals surface area contributed by atoms with Crippen molar-refractivity contribution in [3.05, 3.63) is 48.5 Å². The van der Waals surface area contributed by atoms with Crippen molar-refractivity contribution in [2.45, 2.75) is 19.1 Å². The lowest BCUT2D eigenvalue weighted by Crippen LogP contribution is -2.35. The van der Waals surface area contributed by atoms with Crippen molar-refractivity contribution in [3.63, 3.8) is 0 Å². The number of aromatic nitrogens is 1. The summed E-state index contributed by atoms with van der Waals surface area (Å²) in [6.45, 7) is 1.04. The maximum Gasteiger partial charge on any atom is 0.214 e. The Morgan fingerprint density at radius 3 is 2.08 bits per heavy atom. The predicted molar refractivity (Wildman–Crippen MR) is 95.4 cm³/mol. The van der Waals surface area contributed by atoms with E-state index in [1.165, 1.54) is 4.31 Å². The molecule has 0 bridgehead atoms. The van der Waals surface area contributed by atoms with Gasteiger partial charge in [-0.3, -0.25) is 0 Å². The number of benzene rings is 2. The molecule has 1 saturated heterocycles. The van der Waals surface area contributed by atoms with Crippen LogP contribution in [0.15, 0.2) is 48.5 Å². The second kappa shape index (κ2) is 5.88. The third-order valence-corrected chi connectivity index (χ3v) is 6.61. The molecule has 0 amide bonds. The van der Waals surface area contributed by atoms with E-state index in [1.54, 1.807) is 0 Å². The number of β-amino-alcohol motifs (C(OH)–C–C–N with tert-alkyl or cyclic N) is 1. The normalized spacial score (nSPS) is 19.2. The van der Waals surface area contributed by atoms with Crippen LogP contribution in [0.2, 0.25) is 0 Å². The summed E-state index contributed by atoms with van der Waals surface area (Å²) in [5, 5.41) is 12.8. The first-order chi connectivity index (χ1) is 11.6. The molecule has 3 aromatic rings. The van der Waals surface area contributed by atoms with E-state index in [1.807, 2.05) is 36.4 Å². The molecule has 1 aliphatic heterocycles. The largest absolute Gasteiger partial charge is 0.390 e. The summed E-state index contributed by atoms with van der Waals surface area (Å²) in [7, 11) is -3.18. The minimum atomic E-state index is -3.18. The molecule has 1 aromatic heterocycles. The third kappa shape index (κ3) is 2.60. The minimum Gasteiger partial charge on any atom is -0.390 e. The SMILES string of the molecule is O=S1(=O)CCCN1C[C@@H](O)Cn1c2ccccc2c2ccccc21. The van der Waals surface area contributed by atoms with Crippen LogP contribution in [0.25, 0.3) is 21.8 Å². The van der Waals surface area contributed by atoms with Gasteiger partial charge in [0.05, 0.1) is 18.4 Å². The summed E-state index contributed by atoms with van der Waals surface area (Å²) in [6, 6.07) is 16.2. The monoisotopic (exact) mass is 344 g/mol. The number of para-hydroxylation sites is 2. The molecule has 0 saturated carbocycles. The van der Waals surface area contributed by atoms with Crippen LogP contribution in [0, 0.1) is 0 Å². The van der Waals surface area contributed by atoms with Gasteiger partial charge in [0, 0.05) is 34.9 Å². The lowest BCUT2D eigenvalue weighted by atomic mass is 10.2. The van der Waals surface area contributed by atoms with E-state index in [9.17, 15) is 13.5 Å². The van der Waals surface area contributed by atoms with Crippen LogP contribution in [-0.2, 0) is 16.6 Å². The molecule has 1 N–H and O–H groups in total. The highest BCUT2D eigenvalue weighted by atomic mass is 32.2. The van der Waals surface area contributed by atoms with E-state index in [2.05, 4.69) is 16.7 Å². The second-order valence-corrected chi connectivity index (χ2v) is 8.41. The molecule has 1 aliphatic rings. The van der Waals surface area contributed by atoms with Crippen LogP contribution in [-0.4, -0.2) is 47.3 Å². The lowest BCUT2D eigenvalue weighted by molar-refractivity contribution is 0.133. The number of sulfonamides is 1. The van der Waals surface area contributed by atoms with E-state index < -0.39 is 16.1 Å². The molecule has 0 radical (unpaired) electrons. The van der Waals surface area contributed by atoms with Gasteiger partial charge < -0.3 is 9.67 Å². The number of aliphatic hydroxyl groups excluding tert-OH is 1. The zero-order chi connectivity index (χ0) is 16.7. The maximum atomic E-state index is 11.9. The predicted octanol–water partition coefficient (Wildman–Crippen LogP) is 2.19. The molecule has 6 heteroatoms. The van der Waals surface area contributed by atoms with Gasteiger partial charge in [0.15, 0.2) is 0 Å². The van der Waals surface area contributed by atoms with Gasteiger partial charge in [-0.1, -0.05) is 36.4 Å². The van der Waals surface area contributed by atoms with Crippen LogP contribution in [0.3, 0.4) is 0 Å². The highest BCUT2D eigenvalue weighted by Crippen LogP contribution is 2.29. The lowest BCUT2D eigenvalue weighted by Gasteiger charge is -2.20. The molecule has 1 atom stereocenters. The summed E-state index contributed by atoms with van der Waals surface area (Å²) in [5.74, 6) is 0.190. The molecule has 126 valence electrons. The average molecular weight is 344 g/mol. The Kier molecular flexibility index (Phi) is 3.83. The molecule has 24 heavy (non-hydrogen) atoms. The molecule has 2 aromatic carbocycles. The van der Waals surface area contributed by atoms with E-state index in [0.717, 1.165) is 21.8 Å². The Morgan fingerprint density at radius 1 is 0.958 bits per heavy atom. The average Bonchev–Trinajstić information content (AvgIpc) is 3.06. The second-order valence-electron chi connectivity index (χ2n) is 6.33. The molecule has 2 heterocycles. The van der Waals surface area contributed by atoms with Crippen molar-refractivity contribution < 1.29 is 13.5 Å². The number of aliphatic hydroxyl groups is 1. The van der Waals surface area contributed by atoms with Crippen molar-refractivity contribution >= 4 is 31.8 Å². The van der Waals surface area contributed by atoms with Crippen molar-refractivity contribution in [1.82, 2.24) is 8.87 Å². The summed E-state index contributed by atoms with van der Waals surface area (Å²) >= 11 is 0. The van der Waals surface area contributed by atoms with Crippen LogP contribution >= 0.6 is 0 Å². The molecule has 0 unspecified atom stereocenters. The first-order valence-corrected chi connectivity index (χ1v) is 9.79. The number of rotatable bonds is 4. The Balaban J connectivity index is 1.68. The Morgan fingerprint density at radius 2 is 1.54 bits per heavy atom. The van der Waals surface area contributed by atoms with Crippen LogP contribution in [0.4, 0.5) is 0 Å². The van der Waals surface area contributed by atoms with Gasteiger partial charge in [-0.15, -0.1) is 0 Å². The topological polar surface area (TPSA) is 62.5 Å². The summed E-state index contributed by atoms with van der Waals surface area (Å²) < 4.78 is 27.4. The molecule has 0 spiro atoms. The fourth-order valence-corrected chi connectivity index (χ4v) is 5.16. The number of hydrogen-bond acceptors (Lipinski definition) is 3. The first-order valence-electron chi connectivity index (χ1n) is 8.18. The molecule has 5 nitrogen and oxygen atoms in total. The zero-order valence-electron chi connectivity index (χ0n) is 13.3. The molecule has 4 rings (SSSR count). The highest BCUT2D eigenvalue weighted by Gasteiger charge is 2.30. The summed E-state index contributed by atoms with van der Waals surface area (Å²) in [4.78, 5) is 0. The van der Waals surface area contributed by atoms with Gasteiger partial charge in [0.1, 0.15) is 0 Å². The summed E-state index contributed by atoms with van der Waals surface area (Å²) in [6.07, 6.45) is -0.0955. The van der Waals surface area contributed by atoms with Crippen molar-refractivity contribution in [3.8, 4) is 0 Å². The summed E-state index contributed by atoms with van der Waals surface area (Å²) in [5.41, 5.74) is 2.11. The van der Waals surface area contributed by atoms with Gasteiger partial charge in [-0.05, 0) is 18.6 Å². The van der Waals surface area contributed by atoms with E-state index >= 15 is 0 Å². The number of nitrogens with zero attached hydrogens (tertiary/aromatic N) is 2. The molecule has 0 aliphatic carbocycles. The first kappa shape index (κ1) is 15.6. The Labute approximate surface area is 141 Å². The van der Waals surface area contributed by atoms with Gasteiger partial charge >= 0.3 is 0 Å². The van der Waals surface area contributed by atoms with E-state index in [-0.39, 0.29) is 12.3 Å². The van der Waals surface area contributed by atoms with Crippen molar-refractivity contribution in [2.75, 3.05) is 18.8 Å². The van der Waals surface area contributed by atoms with Crippen LogP contribution in [0.5, 0.6) is 0 Å². The molecule has 1 fully saturated rings. The van der Waals surface area contributed by atoms with Crippen LogP contribution in [0.1, 0.15) is 6.42 Å². The maximum absolute atomic E-state index is 11.9. The van der Waals surface area contributed by atoms with E-state index in [4.69, 9.17) is 0 Å². The number of fused-ring (bicyclic) bond motifs is 3. The molecular weight excluding hydrogens is 324 g/mol. The van der Waals surface area contributed by atoms with Crippen molar-refractivity contribution in [2.24, 2.45) is 0 Å². The Bertz CT molecular complexity index is 941. The van der Waals surface area contributed by atoms with Gasteiger partial charge in [0.25, 0.3) is 0 Å². The Hall–Kier alpha value is -1.89. The van der Waals surface area contributed by atoms with Crippen molar-refractivity contribution in [1.29, 1.82) is 0 Å². The van der Waals surface area contributed by atoms with Crippen LogP contribution < -0.4 is 0 Å². The minimum absolute atomic E-state index is 0.156. The fourth-order valence-electron chi connectivity index (χ4n) is 3.60. The number of hydrogen-bond donors (Lipinski definition) is 1. The third-order valence-electron chi connectivity index (χ3n) is 4.69. The quantitative estimate of drug-likeness (QED) is 0.789. The fraction of sp³-hybridized carbons (Fsp3) is 0.333. The van der Waals surface area contributed by atoms with Gasteiger partial charge in [0.2, 0.25) is 10.0 Å². The standard InChI is InChI=1S/C18H20N2O3S/c21-14(12-19-10-5-11-24(19,22)23)13-20-17-8-3-1-6-15(17)16-7-2-4-9-18(16)20/h1-4,6-9,14,21H,5,10-13H2/t14-/m1/s1. The smallest absolute Gasteiger partial charge is 0.214 e.